The first-order valence-electron chi connectivity index (χ1n) is 8.46. The molecule has 1 aliphatic carbocycles. The third-order valence-corrected chi connectivity index (χ3v) is 5.28. The van der Waals surface area contributed by atoms with Crippen LogP contribution in [0.2, 0.25) is 0 Å². The highest BCUT2D eigenvalue weighted by atomic mass is 16.7. The van der Waals surface area contributed by atoms with E-state index in [1.165, 1.54) is 22.3 Å². The van der Waals surface area contributed by atoms with Crippen LogP contribution in [0.3, 0.4) is 0 Å². The molecule has 0 spiro atoms. The maximum Gasteiger partial charge on any atom is 0.231 e. The molecule has 2 aliphatic rings. The summed E-state index contributed by atoms with van der Waals surface area (Å²) in [5.74, 6) is 3.75. The summed E-state index contributed by atoms with van der Waals surface area (Å²) in [6, 6.07) is 10.4. The van der Waals surface area contributed by atoms with Gasteiger partial charge in [-0.3, -0.25) is 0 Å². The zero-order valence-electron chi connectivity index (χ0n) is 15.0. The molecule has 1 heterocycles. The van der Waals surface area contributed by atoms with Gasteiger partial charge in [-0.1, -0.05) is 24.6 Å². The molecule has 0 aromatic heterocycles. The Morgan fingerprint density at radius 2 is 1.68 bits per heavy atom. The largest absolute Gasteiger partial charge is 0.493 e. The Labute approximate surface area is 148 Å². The van der Waals surface area contributed by atoms with Gasteiger partial charge in [0.05, 0.1) is 14.2 Å². The van der Waals surface area contributed by atoms with Gasteiger partial charge >= 0.3 is 0 Å². The van der Waals surface area contributed by atoms with Crippen LogP contribution in [0, 0.1) is 5.92 Å². The average Bonchev–Trinajstić information content (AvgIpc) is 3.09. The molecule has 0 unspecified atom stereocenters. The molecule has 1 aliphatic heterocycles. The van der Waals surface area contributed by atoms with Crippen LogP contribution in [0.1, 0.15) is 36.5 Å². The van der Waals surface area contributed by atoms with Crippen LogP contribution >= 0.6 is 0 Å². The highest BCUT2D eigenvalue weighted by Crippen LogP contribution is 2.47. The zero-order valence-corrected chi connectivity index (χ0v) is 15.0. The first-order valence-corrected chi connectivity index (χ1v) is 8.46. The van der Waals surface area contributed by atoms with Gasteiger partial charge in [0.1, 0.15) is 0 Å². The number of ether oxygens (including phenoxy) is 4. The zero-order chi connectivity index (χ0) is 17.6. The molecule has 2 aromatic rings. The fourth-order valence-corrected chi connectivity index (χ4v) is 3.79. The summed E-state index contributed by atoms with van der Waals surface area (Å²) in [6.45, 7) is 4.74. The summed E-state index contributed by atoms with van der Waals surface area (Å²) in [7, 11) is 3.34. The topological polar surface area (TPSA) is 36.9 Å². The van der Waals surface area contributed by atoms with Gasteiger partial charge in [0, 0.05) is 5.92 Å². The summed E-state index contributed by atoms with van der Waals surface area (Å²) in [4.78, 5) is 0. The van der Waals surface area contributed by atoms with Gasteiger partial charge in [-0.2, -0.15) is 0 Å². The lowest BCUT2D eigenvalue weighted by Crippen LogP contribution is -2.18. The number of hydrogen-bond acceptors (Lipinski definition) is 4. The Kier molecular flexibility index (Phi) is 3.83. The van der Waals surface area contributed by atoms with E-state index in [1.54, 1.807) is 14.2 Å². The molecule has 0 fully saturated rings. The second kappa shape index (κ2) is 6.03. The Morgan fingerprint density at radius 1 is 0.960 bits per heavy atom. The van der Waals surface area contributed by atoms with Crippen molar-refractivity contribution in [3.05, 3.63) is 52.6 Å². The molecule has 4 rings (SSSR count). The maximum absolute atomic E-state index is 5.58. The molecule has 4 heteroatoms. The lowest BCUT2D eigenvalue weighted by molar-refractivity contribution is 0.174. The summed E-state index contributed by atoms with van der Waals surface area (Å²) < 4.78 is 22.0. The van der Waals surface area contributed by atoms with Gasteiger partial charge in [0.2, 0.25) is 6.79 Å². The summed E-state index contributed by atoms with van der Waals surface area (Å²) >= 11 is 0. The quantitative estimate of drug-likeness (QED) is 0.818. The van der Waals surface area contributed by atoms with Gasteiger partial charge in [-0.15, -0.1) is 0 Å². The van der Waals surface area contributed by atoms with E-state index < -0.39 is 0 Å². The smallest absolute Gasteiger partial charge is 0.231 e. The Morgan fingerprint density at radius 3 is 2.44 bits per heavy atom. The van der Waals surface area contributed by atoms with Crippen molar-refractivity contribution in [3.8, 4) is 23.0 Å². The van der Waals surface area contributed by atoms with Crippen molar-refractivity contribution in [2.45, 2.75) is 19.8 Å². The Balaban J connectivity index is 1.87. The second-order valence-corrected chi connectivity index (χ2v) is 6.60. The lowest BCUT2D eigenvalue weighted by Gasteiger charge is -2.32. The fourth-order valence-electron chi connectivity index (χ4n) is 3.79. The number of benzene rings is 2. The summed E-state index contributed by atoms with van der Waals surface area (Å²) in [5, 5.41) is 0. The fraction of sp³-hybridized carbons (Fsp3) is 0.333. The number of methoxy groups -OCH3 is 2. The van der Waals surface area contributed by atoms with Crippen LogP contribution in [0.25, 0.3) is 6.08 Å². The monoisotopic (exact) mass is 338 g/mol. The predicted octanol–water partition coefficient (Wildman–Crippen LogP) is 4.62. The minimum atomic E-state index is 0.231. The van der Waals surface area contributed by atoms with Crippen LogP contribution in [0.5, 0.6) is 23.0 Å². The van der Waals surface area contributed by atoms with Gasteiger partial charge in [-0.05, 0) is 53.8 Å². The van der Waals surface area contributed by atoms with Crippen LogP contribution < -0.4 is 18.9 Å². The van der Waals surface area contributed by atoms with Gasteiger partial charge < -0.3 is 18.9 Å². The van der Waals surface area contributed by atoms with Crippen LogP contribution in [-0.2, 0) is 0 Å². The van der Waals surface area contributed by atoms with E-state index in [-0.39, 0.29) is 5.92 Å². The van der Waals surface area contributed by atoms with Crippen molar-refractivity contribution in [2.24, 2.45) is 5.92 Å². The summed E-state index contributed by atoms with van der Waals surface area (Å²) in [5.41, 5.74) is 4.99. The van der Waals surface area contributed by atoms with Gasteiger partial charge in [0.15, 0.2) is 23.0 Å². The molecule has 0 amide bonds. The number of fused-ring (bicyclic) bond motifs is 2. The van der Waals surface area contributed by atoms with Crippen LogP contribution in [-0.4, -0.2) is 21.0 Å². The van der Waals surface area contributed by atoms with Crippen molar-refractivity contribution in [1.82, 2.24) is 0 Å². The molecule has 25 heavy (non-hydrogen) atoms. The number of allylic oxidation sites excluding steroid dienone is 1. The highest BCUT2D eigenvalue weighted by Gasteiger charge is 2.30. The van der Waals surface area contributed by atoms with Gasteiger partial charge in [0.25, 0.3) is 0 Å². The third-order valence-electron chi connectivity index (χ3n) is 5.28. The minimum Gasteiger partial charge on any atom is -0.493 e. The maximum atomic E-state index is 5.58. The molecule has 2 aromatic carbocycles. The molecule has 0 radical (unpaired) electrons. The molecular formula is C21H22O4. The highest BCUT2D eigenvalue weighted by molar-refractivity contribution is 5.68. The van der Waals surface area contributed by atoms with Crippen molar-refractivity contribution in [2.75, 3.05) is 21.0 Å². The van der Waals surface area contributed by atoms with E-state index in [0.717, 1.165) is 23.0 Å². The Hall–Kier alpha value is -2.62. The van der Waals surface area contributed by atoms with Crippen molar-refractivity contribution in [3.63, 3.8) is 0 Å². The van der Waals surface area contributed by atoms with E-state index in [1.807, 2.05) is 6.07 Å². The van der Waals surface area contributed by atoms with Crippen LogP contribution in [0.4, 0.5) is 0 Å². The second-order valence-electron chi connectivity index (χ2n) is 6.60. The van der Waals surface area contributed by atoms with Crippen molar-refractivity contribution < 1.29 is 18.9 Å². The third kappa shape index (κ3) is 2.53. The van der Waals surface area contributed by atoms with E-state index >= 15 is 0 Å². The average molecular weight is 338 g/mol. The van der Waals surface area contributed by atoms with E-state index in [4.69, 9.17) is 18.9 Å². The van der Waals surface area contributed by atoms with Crippen LogP contribution in [0.15, 0.2) is 35.9 Å². The first-order chi connectivity index (χ1) is 12.1. The van der Waals surface area contributed by atoms with Crippen molar-refractivity contribution in [1.29, 1.82) is 0 Å². The normalized spacial score (nSPS) is 20.7. The molecule has 2 atom stereocenters. The number of hydrogen-bond donors (Lipinski definition) is 0. The predicted molar refractivity (Wildman–Crippen MR) is 96.8 cm³/mol. The van der Waals surface area contributed by atoms with E-state index in [2.05, 4.69) is 44.2 Å². The summed E-state index contributed by atoms with van der Waals surface area (Å²) in [6.07, 6.45) is 2.24. The molecule has 0 saturated carbocycles. The molecule has 4 nitrogen and oxygen atoms in total. The SMILES string of the molecule is COc1cc2c(cc1OC)[C@@H](c1ccc3c(c1)OCO3)[C@H](C)C(C)=C2. The standard InChI is InChI=1S/C21H22O4/c1-12-7-15-9-18(22-3)19(23-4)10-16(15)21(13(12)2)14-5-6-17-20(8-14)25-11-24-17/h5-10,13,21H,11H2,1-4H3/t13-,21-/m1/s1. The molecular weight excluding hydrogens is 316 g/mol. The minimum absolute atomic E-state index is 0.231. The van der Waals surface area contributed by atoms with Gasteiger partial charge in [-0.25, -0.2) is 0 Å². The first kappa shape index (κ1) is 15.9. The van der Waals surface area contributed by atoms with E-state index in [9.17, 15) is 0 Å². The lowest BCUT2D eigenvalue weighted by atomic mass is 9.72. The molecule has 0 N–H and O–H groups in total. The van der Waals surface area contributed by atoms with E-state index in [0.29, 0.717) is 12.7 Å². The molecule has 0 saturated heterocycles. The molecule has 0 bridgehead atoms. The Bertz CT molecular complexity index is 853. The van der Waals surface area contributed by atoms with Crippen molar-refractivity contribution >= 4 is 6.08 Å². The number of rotatable bonds is 3. The molecule has 130 valence electrons.